The summed E-state index contributed by atoms with van der Waals surface area (Å²) in [5.74, 6) is 1.84. The van der Waals surface area contributed by atoms with E-state index < -0.39 is 0 Å². The van der Waals surface area contributed by atoms with Crippen molar-refractivity contribution >= 4 is 0 Å². The SMILES string of the molecule is CCC1CCC(c2cc(C)cc(C)c2)CC1. The third-order valence-corrected chi connectivity index (χ3v) is 4.14. The average molecular weight is 216 g/mol. The van der Waals surface area contributed by atoms with E-state index >= 15 is 0 Å². The molecule has 2 rings (SSSR count). The van der Waals surface area contributed by atoms with Gasteiger partial charge in [-0.1, -0.05) is 42.7 Å². The van der Waals surface area contributed by atoms with E-state index in [4.69, 9.17) is 0 Å². The van der Waals surface area contributed by atoms with Gasteiger partial charge in [0.15, 0.2) is 0 Å². The molecule has 88 valence electrons. The summed E-state index contributed by atoms with van der Waals surface area (Å²) in [4.78, 5) is 0. The molecule has 0 unspecified atom stereocenters. The van der Waals surface area contributed by atoms with Gasteiger partial charge in [0.1, 0.15) is 0 Å². The molecule has 0 spiro atoms. The van der Waals surface area contributed by atoms with E-state index in [1.807, 2.05) is 0 Å². The van der Waals surface area contributed by atoms with Crippen LogP contribution in [-0.2, 0) is 0 Å². The molecule has 1 aromatic rings. The third kappa shape index (κ3) is 2.66. The molecule has 0 aliphatic heterocycles. The van der Waals surface area contributed by atoms with E-state index in [0.29, 0.717) is 0 Å². The maximum atomic E-state index is 2.39. The first-order chi connectivity index (χ1) is 7.69. The summed E-state index contributed by atoms with van der Waals surface area (Å²) in [7, 11) is 0. The molecule has 0 N–H and O–H groups in total. The molecule has 0 bridgehead atoms. The van der Waals surface area contributed by atoms with Crippen LogP contribution in [0.15, 0.2) is 18.2 Å². The predicted molar refractivity (Wildman–Crippen MR) is 70.9 cm³/mol. The second-order valence-corrected chi connectivity index (χ2v) is 5.55. The number of benzene rings is 1. The lowest BCUT2D eigenvalue weighted by molar-refractivity contribution is 0.318. The van der Waals surface area contributed by atoms with Crippen molar-refractivity contribution in [3.8, 4) is 0 Å². The zero-order valence-corrected chi connectivity index (χ0v) is 10.9. The van der Waals surface area contributed by atoms with Gasteiger partial charge in [-0.3, -0.25) is 0 Å². The third-order valence-electron chi connectivity index (χ3n) is 4.14. The minimum Gasteiger partial charge on any atom is -0.0651 e. The molecule has 1 fully saturated rings. The molecule has 0 saturated heterocycles. The maximum Gasteiger partial charge on any atom is -0.0162 e. The standard InChI is InChI=1S/C16H24/c1-4-14-5-7-15(8-6-14)16-10-12(2)9-13(3)11-16/h9-11,14-15H,4-8H2,1-3H3. The van der Waals surface area contributed by atoms with Crippen molar-refractivity contribution in [3.63, 3.8) is 0 Å². The Bertz CT molecular complexity index is 323. The lowest BCUT2D eigenvalue weighted by atomic mass is 9.77. The van der Waals surface area contributed by atoms with Crippen molar-refractivity contribution < 1.29 is 0 Å². The molecule has 0 radical (unpaired) electrons. The highest BCUT2D eigenvalue weighted by Crippen LogP contribution is 2.37. The van der Waals surface area contributed by atoms with Crippen LogP contribution in [0.25, 0.3) is 0 Å². The molecule has 0 amide bonds. The quantitative estimate of drug-likeness (QED) is 0.653. The van der Waals surface area contributed by atoms with Gasteiger partial charge in [-0.15, -0.1) is 0 Å². The fraction of sp³-hybridized carbons (Fsp3) is 0.625. The van der Waals surface area contributed by atoms with Crippen molar-refractivity contribution in [2.75, 3.05) is 0 Å². The lowest BCUT2D eigenvalue weighted by Crippen LogP contribution is -2.12. The fourth-order valence-corrected chi connectivity index (χ4v) is 3.15. The van der Waals surface area contributed by atoms with Crippen LogP contribution >= 0.6 is 0 Å². The maximum absolute atomic E-state index is 2.39. The van der Waals surface area contributed by atoms with Crippen LogP contribution in [0, 0.1) is 19.8 Å². The van der Waals surface area contributed by atoms with Gasteiger partial charge in [-0.05, 0) is 56.9 Å². The van der Waals surface area contributed by atoms with Gasteiger partial charge in [-0.25, -0.2) is 0 Å². The molecule has 0 heterocycles. The van der Waals surface area contributed by atoms with E-state index in [9.17, 15) is 0 Å². The minimum absolute atomic E-state index is 0.835. The van der Waals surface area contributed by atoms with Gasteiger partial charge < -0.3 is 0 Å². The highest BCUT2D eigenvalue weighted by molar-refractivity contribution is 5.31. The van der Waals surface area contributed by atoms with Crippen molar-refractivity contribution in [1.29, 1.82) is 0 Å². The van der Waals surface area contributed by atoms with Crippen molar-refractivity contribution in [3.05, 3.63) is 34.9 Å². The second kappa shape index (κ2) is 5.03. The lowest BCUT2D eigenvalue weighted by Gasteiger charge is -2.28. The van der Waals surface area contributed by atoms with Crippen LogP contribution in [0.3, 0.4) is 0 Å². The summed E-state index contributed by atoms with van der Waals surface area (Å²) in [6.07, 6.45) is 7.06. The Kier molecular flexibility index (Phi) is 3.68. The van der Waals surface area contributed by atoms with Gasteiger partial charge in [0.2, 0.25) is 0 Å². The molecule has 1 aromatic carbocycles. The summed E-state index contributed by atoms with van der Waals surface area (Å²) >= 11 is 0. The molecule has 1 aliphatic rings. The summed E-state index contributed by atoms with van der Waals surface area (Å²) in [6.45, 7) is 6.77. The number of hydrogen-bond acceptors (Lipinski definition) is 0. The van der Waals surface area contributed by atoms with Crippen molar-refractivity contribution in [2.45, 2.75) is 58.8 Å². The van der Waals surface area contributed by atoms with Crippen LogP contribution in [-0.4, -0.2) is 0 Å². The largest absolute Gasteiger partial charge is 0.0651 e. The van der Waals surface area contributed by atoms with Gasteiger partial charge in [0, 0.05) is 0 Å². The van der Waals surface area contributed by atoms with E-state index in [0.717, 1.165) is 11.8 Å². The second-order valence-electron chi connectivity index (χ2n) is 5.55. The van der Waals surface area contributed by atoms with Crippen LogP contribution in [0.5, 0.6) is 0 Å². The topological polar surface area (TPSA) is 0 Å². The summed E-state index contributed by atoms with van der Waals surface area (Å²) in [6, 6.07) is 7.06. The monoisotopic (exact) mass is 216 g/mol. The van der Waals surface area contributed by atoms with Crippen LogP contribution < -0.4 is 0 Å². The van der Waals surface area contributed by atoms with Crippen LogP contribution in [0.4, 0.5) is 0 Å². The molecule has 0 aromatic heterocycles. The van der Waals surface area contributed by atoms with Gasteiger partial charge in [0.25, 0.3) is 0 Å². The Labute approximate surface area is 100 Å². The molecule has 0 nitrogen and oxygen atoms in total. The first-order valence-electron chi connectivity index (χ1n) is 6.77. The normalized spacial score (nSPS) is 25.7. The Balaban J connectivity index is 2.08. The summed E-state index contributed by atoms with van der Waals surface area (Å²) in [5.41, 5.74) is 4.44. The predicted octanol–water partition coefficient (Wildman–Crippen LogP) is 4.99. The molecule has 0 heteroatoms. The summed E-state index contributed by atoms with van der Waals surface area (Å²) < 4.78 is 0. The number of rotatable bonds is 2. The van der Waals surface area contributed by atoms with Gasteiger partial charge >= 0.3 is 0 Å². The average Bonchev–Trinajstić information content (AvgIpc) is 2.28. The Hall–Kier alpha value is -0.780. The van der Waals surface area contributed by atoms with Crippen molar-refractivity contribution in [1.82, 2.24) is 0 Å². The zero-order chi connectivity index (χ0) is 11.5. The van der Waals surface area contributed by atoms with Crippen molar-refractivity contribution in [2.24, 2.45) is 5.92 Å². The smallest absolute Gasteiger partial charge is 0.0162 e. The molecule has 0 atom stereocenters. The Morgan fingerprint density at radius 3 is 2.00 bits per heavy atom. The Morgan fingerprint density at radius 1 is 0.938 bits per heavy atom. The van der Waals surface area contributed by atoms with Crippen LogP contribution in [0.2, 0.25) is 0 Å². The van der Waals surface area contributed by atoms with E-state index in [-0.39, 0.29) is 0 Å². The Morgan fingerprint density at radius 2 is 1.50 bits per heavy atom. The molecular weight excluding hydrogens is 192 g/mol. The molecule has 1 aliphatic carbocycles. The fourth-order valence-electron chi connectivity index (χ4n) is 3.15. The first kappa shape index (κ1) is 11.7. The van der Waals surface area contributed by atoms with Gasteiger partial charge in [-0.2, -0.15) is 0 Å². The van der Waals surface area contributed by atoms with Gasteiger partial charge in [0.05, 0.1) is 0 Å². The van der Waals surface area contributed by atoms with E-state index in [1.165, 1.54) is 43.2 Å². The van der Waals surface area contributed by atoms with E-state index in [2.05, 4.69) is 39.0 Å². The highest BCUT2D eigenvalue weighted by atomic mass is 14.3. The molecular formula is C16H24. The molecule has 16 heavy (non-hydrogen) atoms. The van der Waals surface area contributed by atoms with E-state index in [1.54, 1.807) is 5.56 Å². The number of aryl methyl sites for hydroxylation is 2. The van der Waals surface area contributed by atoms with Crippen LogP contribution in [0.1, 0.15) is 61.6 Å². The summed E-state index contributed by atoms with van der Waals surface area (Å²) in [5, 5.41) is 0. The molecule has 1 saturated carbocycles. The zero-order valence-electron chi connectivity index (χ0n) is 10.9. The minimum atomic E-state index is 0.835. The highest BCUT2D eigenvalue weighted by Gasteiger charge is 2.21. The first-order valence-corrected chi connectivity index (χ1v) is 6.77. The number of hydrogen-bond donors (Lipinski definition) is 0.